The van der Waals surface area contributed by atoms with Gasteiger partial charge in [-0.3, -0.25) is 0 Å². The standard InChI is InChI=1S/C12H16N2OS2/c1-9(15)7-13-5-4-12-14-10(8-17-12)11-3-2-6-16-11/h2-3,6,8-9,13,15H,4-5,7H2,1H3. The van der Waals surface area contributed by atoms with Crippen LogP contribution in [0.4, 0.5) is 0 Å². The number of aliphatic hydroxyl groups is 1. The Labute approximate surface area is 109 Å². The molecular formula is C12H16N2OS2. The summed E-state index contributed by atoms with van der Waals surface area (Å²) < 4.78 is 0. The van der Waals surface area contributed by atoms with Crippen molar-refractivity contribution in [3.05, 3.63) is 27.9 Å². The predicted octanol–water partition coefficient (Wildman–Crippen LogP) is 2.38. The summed E-state index contributed by atoms with van der Waals surface area (Å²) in [6.45, 7) is 3.29. The van der Waals surface area contributed by atoms with Gasteiger partial charge in [0.05, 0.1) is 21.7 Å². The van der Waals surface area contributed by atoms with Crippen molar-refractivity contribution in [2.75, 3.05) is 13.1 Å². The summed E-state index contributed by atoms with van der Waals surface area (Å²) in [6.07, 6.45) is 0.635. The lowest BCUT2D eigenvalue weighted by Gasteiger charge is -2.04. The van der Waals surface area contributed by atoms with Gasteiger partial charge < -0.3 is 10.4 Å². The zero-order chi connectivity index (χ0) is 12.1. The maximum atomic E-state index is 9.10. The van der Waals surface area contributed by atoms with Crippen molar-refractivity contribution >= 4 is 22.7 Å². The molecule has 1 atom stereocenters. The summed E-state index contributed by atoms with van der Waals surface area (Å²) in [5.74, 6) is 0. The van der Waals surface area contributed by atoms with E-state index in [1.807, 2.05) is 6.07 Å². The Morgan fingerprint density at radius 3 is 3.06 bits per heavy atom. The van der Waals surface area contributed by atoms with Crippen LogP contribution in [0.5, 0.6) is 0 Å². The molecule has 0 aliphatic heterocycles. The minimum absolute atomic E-state index is 0.284. The molecule has 2 aromatic heterocycles. The third kappa shape index (κ3) is 3.89. The molecule has 0 saturated heterocycles. The van der Waals surface area contributed by atoms with E-state index in [1.165, 1.54) is 4.88 Å². The highest BCUT2D eigenvalue weighted by Gasteiger charge is 2.05. The summed E-state index contributed by atoms with van der Waals surface area (Å²) >= 11 is 3.42. The molecule has 17 heavy (non-hydrogen) atoms. The highest BCUT2D eigenvalue weighted by Crippen LogP contribution is 2.25. The lowest BCUT2D eigenvalue weighted by Crippen LogP contribution is -2.26. The molecule has 3 nitrogen and oxygen atoms in total. The Kier molecular flexibility index (Phi) is 4.67. The average molecular weight is 268 g/mol. The SMILES string of the molecule is CC(O)CNCCc1nc(-c2cccs2)cs1. The second-order valence-corrected chi connectivity index (χ2v) is 5.80. The van der Waals surface area contributed by atoms with E-state index in [2.05, 4.69) is 27.1 Å². The van der Waals surface area contributed by atoms with Crippen LogP contribution in [0.2, 0.25) is 0 Å². The van der Waals surface area contributed by atoms with Gasteiger partial charge in [-0.25, -0.2) is 4.98 Å². The number of thiophene rings is 1. The number of rotatable bonds is 6. The third-order valence-corrected chi connectivity index (χ3v) is 4.08. The predicted molar refractivity (Wildman–Crippen MR) is 73.7 cm³/mol. The van der Waals surface area contributed by atoms with Crippen molar-refractivity contribution in [3.8, 4) is 10.6 Å². The molecule has 0 spiro atoms. The van der Waals surface area contributed by atoms with Crippen LogP contribution in [0, 0.1) is 0 Å². The van der Waals surface area contributed by atoms with Gasteiger partial charge in [-0.05, 0) is 18.4 Å². The molecule has 0 aromatic carbocycles. The molecule has 2 aromatic rings. The molecule has 92 valence electrons. The molecule has 0 saturated carbocycles. The van der Waals surface area contributed by atoms with E-state index in [4.69, 9.17) is 5.11 Å². The molecule has 0 radical (unpaired) electrons. The van der Waals surface area contributed by atoms with Crippen LogP contribution in [0.1, 0.15) is 11.9 Å². The number of hydrogen-bond acceptors (Lipinski definition) is 5. The first kappa shape index (κ1) is 12.7. The van der Waals surface area contributed by atoms with Crippen molar-refractivity contribution in [2.45, 2.75) is 19.4 Å². The van der Waals surface area contributed by atoms with E-state index < -0.39 is 0 Å². The fourth-order valence-electron chi connectivity index (χ4n) is 1.47. The number of thiazole rings is 1. The molecule has 0 amide bonds. The maximum absolute atomic E-state index is 9.10. The van der Waals surface area contributed by atoms with E-state index in [0.717, 1.165) is 23.7 Å². The number of nitrogens with one attached hydrogen (secondary N) is 1. The van der Waals surface area contributed by atoms with Gasteiger partial charge in [0.1, 0.15) is 0 Å². The number of aliphatic hydroxyl groups excluding tert-OH is 1. The summed E-state index contributed by atoms with van der Waals surface area (Å²) in [6, 6.07) is 4.14. The molecular weight excluding hydrogens is 252 g/mol. The van der Waals surface area contributed by atoms with Crippen LogP contribution in [-0.2, 0) is 6.42 Å². The van der Waals surface area contributed by atoms with Crippen molar-refractivity contribution in [1.82, 2.24) is 10.3 Å². The summed E-state index contributed by atoms with van der Waals surface area (Å²) in [4.78, 5) is 5.82. The van der Waals surface area contributed by atoms with Gasteiger partial charge in [-0.1, -0.05) is 6.07 Å². The Morgan fingerprint density at radius 2 is 2.35 bits per heavy atom. The van der Waals surface area contributed by atoms with E-state index in [1.54, 1.807) is 29.6 Å². The lowest BCUT2D eigenvalue weighted by molar-refractivity contribution is 0.191. The topological polar surface area (TPSA) is 45.1 Å². The normalized spacial score (nSPS) is 12.8. The molecule has 2 N–H and O–H groups in total. The highest BCUT2D eigenvalue weighted by atomic mass is 32.1. The quantitative estimate of drug-likeness (QED) is 0.791. The van der Waals surface area contributed by atoms with Crippen molar-refractivity contribution in [3.63, 3.8) is 0 Å². The van der Waals surface area contributed by atoms with E-state index in [0.29, 0.717) is 6.54 Å². The molecule has 2 rings (SSSR count). The number of hydrogen-bond donors (Lipinski definition) is 2. The van der Waals surface area contributed by atoms with Crippen LogP contribution in [-0.4, -0.2) is 29.3 Å². The second-order valence-electron chi connectivity index (χ2n) is 3.91. The van der Waals surface area contributed by atoms with E-state index in [-0.39, 0.29) is 6.10 Å². The van der Waals surface area contributed by atoms with Crippen LogP contribution >= 0.6 is 22.7 Å². The van der Waals surface area contributed by atoms with Crippen LogP contribution in [0.15, 0.2) is 22.9 Å². The Morgan fingerprint density at radius 1 is 1.47 bits per heavy atom. The average Bonchev–Trinajstić information content (AvgIpc) is 2.94. The molecule has 0 aliphatic carbocycles. The second kappa shape index (κ2) is 6.26. The minimum atomic E-state index is -0.284. The molecule has 0 aliphatic rings. The number of aromatic nitrogens is 1. The molecule has 0 bridgehead atoms. The largest absolute Gasteiger partial charge is 0.392 e. The van der Waals surface area contributed by atoms with Crippen LogP contribution in [0.25, 0.3) is 10.6 Å². The monoisotopic (exact) mass is 268 g/mol. The first-order chi connectivity index (χ1) is 8.25. The summed E-state index contributed by atoms with van der Waals surface area (Å²) in [5.41, 5.74) is 1.08. The lowest BCUT2D eigenvalue weighted by atomic mass is 10.3. The van der Waals surface area contributed by atoms with Gasteiger partial charge in [0.2, 0.25) is 0 Å². The highest BCUT2D eigenvalue weighted by molar-refractivity contribution is 7.14. The smallest absolute Gasteiger partial charge is 0.0945 e. The first-order valence-corrected chi connectivity index (χ1v) is 7.38. The Hall–Kier alpha value is -0.750. The zero-order valence-corrected chi connectivity index (χ0v) is 11.4. The van der Waals surface area contributed by atoms with Gasteiger partial charge in [0, 0.05) is 24.9 Å². The summed E-state index contributed by atoms with van der Waals surface area (Å²) in [7, 11) is 0. The minimum Gasteiger partial charge on any atom is -0.392 e. The third-order valence-electron chi connectivity index (χ3n) is 2.28. The van der Waals surface area contributed by atoms with Crippen molar-refractivity contribution < 1.29 is 5.11 Å². The maximum Gasteiger partial charge on any atom is 0.0945 e. The fourth-order valence-corrected chi connectivity index (χ4v) is 3.03. The van der Waals surface area contributed by atoms with Crippen molar-refractivity contribution in [2.24, 2.45) is 0 Å². The van der Waals surface area contributed by atoms with Gasteiger partial charge in [-0.2, -0.15) is 0 Å². The van der Waals surface area contributed by atoms with Gasteiger partial charge in [-0.15, -0.1) is 22.7 Å². The Balaban J connectivity index is 1.83. The van der Waals surface area contributed by atoms with Crippen molar-refractivity contribution in [1.29, 1.82) is 0 Å². The van der Waals surface area contributed by atoms with Crippen LogP contribution in [0.3, 0.4) is 0 Å². The first-order valence-electron chi connectivity index (χ1n) is 5.63. The number of nitrogens with zero attached hydrogens (tertiary/aromatic N) is 1. The van der Waals surface area contributed by atoms with Gasteiger partial charge >= 0.3 is 0 Å². The van der Waals surface area contributed by atoms with E-state index in [9.17, 15) is 0 Å². The molecule has 2 heterocycles. The van der Waals surface area contributed by atoms with Gasteiger partial charge in [0.15, 0.2) is 0 Å². The Bertz CT molecular complexity index is 437. The summed E-state index contributed by atoms with van der Waals surface area (Å²) in [5, 5.41) is 17.6. The zero-order valence-electron chi connectivity index (χ0n) is 9.72. The molecule has 5 heteroatoms. The van der Waals surface area contributed by atoms with Gasteiger partial charge in [0.25, 0.3) is 0 Å². The molecule has 1 unspecified atom stereocenters. The van der Waals surface area contributed by atoms with E-state index >= 15 is 0 Å². The van der Waals surface area contributed by atoms with Crippen LogP contribution < -0.4 is 5.32 Å². The fraction of sp³-hybridized carbons (Fsp3) is 0.417. The molecule has 0 fully saturated rings.